The lowest BCUT2D eigenvalue weighted by molar-refractivity contribution is -0.0901. The molecule has 0 aromatic carbocycles. The number of alkyl halides is 2. The fourth-order valence-corrected chi connectivity index (χ4v) is 5.08. The number of piperazine rings is 1. The highest BCUT2D eigenvalue weighted by Gasteiger charge is 2.46. The highest BCUT2D eigenvalue weighted by molar-refractivity contribution is 5.92. The molecule has 3 aliphatic rings. The minimum atomic E-state index is -2.67. The van der Waals surface area contributed by atoms with E-state index in [1.165, 1.54) is 0 Å². The maximum atomic E-state index is 13.0. The standard InChI is InChI=1S/C26H28F2N6O2/c27-26(28)11-18(12-26)31-25(36)21-4-3-19(14-30-21)34-7-5-33(6-8-34)15-16-9-23-22(29-13-16)10-20(17-1-2-17)24(35)32-23/h3-4,9-10,13-14,17-18H,1-2,5-8,11-12,15H2,(H,31,36)(H,32,35). The van der Waals surface area contributed by atoms with Gasteiger partial charge in [0.15, 0.2) is 0 Å². The number of halogens is 2. The molecule has 1 amide bonds. The number of nitrogens with one attached hydrogen (secondary N) is 2. The first-order valence-electron chi connectivity index (χ1n) is 12.5. The van der Waals surface area contributed by atoms with Crippen LogP contribution in [0.1, 0.15) is 53.2 Å². The molecule has 2 aliphatic carbocycles. The number of aromatic amines is 1. The van der Waals surface area contributed by atoms with E-state index in [0.29, 0.717) is 5.92 Å². The predicted molar refractivity (Wildman–Crippen MR) is 132 cm³/mol. The third-order valence-corrected chi connectivity index (χ3v) is 7.34. The van der Waals surface area contributed by atoms with E-state index < -0.39 is 17.9 Å². The van der Waals surface area contributed by atoms with Crippen LogP contribution in [-0.2, 0) is 6.54 Å². The van der Waals surface area contributed by atoms with Crippen molar-refractivity contribution >= 4 is 22.6 Å². The SMILES string of the molecule is O=C(NC1CC(F)(F)C1)c1ccc(N2CCN(Cc3cnc4cc(C5CC5)c(=O)[nH]c4c3)CC2)cn1. The highest BCUT2D eigenvalue weighted by Crippen LogP contribution is 2.39. The number of pyridine rings is 3. The maximum Gasteiger partial charge on any atom is 0.270 e. The quantitative estimate of drug-likeness (QED) is 0.547. The Morgan fingerprint density at radius 3 is 2.53 bits per heavy atom. The van der Waals surface area contributed by atoms with Gasteiger partial charge in [0, 0.05) is 63.4 Å². The van der Waals surface area contributed by atoms with Crippen LogP contribution < -0.4 is 15.8 Å². The zero-order chi connectivity index (χ0) is 24.9. The van der Waals surface area contributed by atoms with Gasteiger partial charge < -0.3 is 15.2 Å². The van der Waals surface area contributed by atoms with Crippen LogP contribution in [0.2, 0.25) is 0 Å². The number of aromatic nitrogens is 3. The van der Waals surface area contributed by atoms with Crippen molar-refractivity contribution in [3.8, 4) is 0 Å². The number of rotatable bonds is 6. The molecule has 8 nitrogen and oxygen atoms in total. The number of anilines is 1. The molecule has 0 atom stereocenters. The molecule has 2 N–H and O–H groups in total. The Balaban J connectivity index is 1.03. The van der Waals surface area contributed by atoms with Crippen molar-refractivity contribution in [3.05, 3.63) is 63.8 Å². The maximum absolute atomic E-state index is 13.0. The summed E-state index contributed by atoms with van der Waals surface area (Å²) in [5.74, 6) is -2.69. The number of hydrogen-bond acceptors (Lipinski definition) is 6. The highest BCUT2D eigenvalue weighted by atomic mass is 19.3. The zero-order valence-electron chi connectivity index (χ0n) is 19.8. The van der Waals surface area contributed by atoms with E-state index in [2.05, 4.69) is 30.1 Å². The lowest BCUT2D eigenvalue weighted by atomic mass is 9.88. The molecule has 0 bridgehead atoms. The molecule has 2 saturated carbocycles. The third-order valence-electron chi connectivity index (χ3n) is 7.34. The Morgan fingerprint density at radius 2 is 1.86 bits per heavy atom. The summed E-state index contributed by atoms with van der Waals surface area (Å²) in [7, 11) is 0. The molecule has 0 radical (unpaired) electrons. The number of carbonyl (C=O) groups excluding carboxylic acids is 1. The normalized spacial score (nSPS) is 20.3. The van der Waals surface area contributed by atoms with Gasteiger partial charge in [-0.2, -0.15) is 0 Å². The van der Waals surface area contributed by atoms with Crippen LogP contribution >= 0.6 is 0 Å². The van der Waals surface area contributed by atoms with Gasteiger partial charge in [0.05, 0.1) is 22.9 Å². The summed E-state index contributed by atoms with van der Waals surface area (Å²) in [5.41, 5.74) is 4.69. The molecule has 4 heterocycles. The third kappa shape index (κ3) is 4.82. The molecule has 188 valence electrons. The molecule has 1 saturated heterocycles. The topological polar surface area (TPSA) is 94.2 Å². The minimum Gasteiger partial charge on any atom is -0.368 e. The van der Waals surface area contributed by atoms with Crippen LogP contribution in [0.25, 0.3) is 11.0 Å². The van der Waals surface area contributed by atoms with Crippen molar-refractivity contribution in [1.29, 1.82) is 0 Å². The van der Waals surface area contributed by atoms with Crippen molar-refractivity contribution in [3.63, 3.8) is 0 Å². The average molecular weight is 495 g/mol. The van der Waals surface area contributed by atoms with Gasteiger partial charge in [0.1, 0.15) is 5.69 Å². The molecule has 1 aliphatic heterocycles. The summed E-state index contributed by atoms with van der Waals surface area (Å²) >= 11 is 0. The van der Waals surface area contributed by atoms with Crippen LogP contribution in [0.4, 0.5) is 14.5 Å². The van der Waals surface area contributed by atoms with Crippen molar-refractivity contribution in [2.24, 2.45) is 0 Å². The fraction of sp³-hybridized carbons (Fsp3) is 0.462. The number of nitrogens with zero attached hydrogens (tertiary/aromatic N) is 4. The van der Waals surface area contributed by atoms with Crippen molar-refractivity contribution in [2.75, 3.05) is 31.1 Å². The van der Waals surface area contributed by atoms with Gasteiger partial charge in [0.2, 0.25) is 0 Å². The van der Waals surface area contributed by atoms with Gasteiger partial charge in [-0.25, -0.2) is 13.8 Å². The summed E-state index contributed by atoms with van der Waals surface area (Å²) < 4.78 is 25.9. The first-order valence-corrected chi connectivity index (χ1v) is 12.5. The van der Waals surface area contributed by atoms with E-state index in [4.69, 9.17) is 0 Å². The predicted octanol–water partition coefficient (Wildman–Crippen LogP) is 3.05. The largest absolute Gasteiger partial charge is 0.368 e. The second-order valence-electron chi connectivity index (χ2n) is 10.2. The minimum absolute atomic E-state index is 0.000686. The molecule has 0 spiro atoms. The summed E-state index contributed by atoms with van der Waals surface area (Å²) in [6, 6.07) is 6.96. The van der Waals surface area contributed by atoms with Gasteiger partial charge >= 0.3 is 0 Å². The molecular weight excluding hydrogens is 466 g/mol. The Kier molecular flexibility index (Phi) is 5.70. The molecule has 3 fully saturated rings. The monoisotopic (exact) mass is 494 g/mol. The number of carbonyl (C=O) groups is 1. The van der Waals surface area contributed by atoms with E-state index in [0.717, 1.165) is 73.4 Å². The van der Waals surface area contributed by atoms with E-state index in [1.54, 1.807) is 12.3 Å². The number of H-pyrrole nitrogens is 1. The Bertz CT molecular complexity index is 1340. The van der Waals surface area contributed by atoms with Crippen molar-refractivity contribution < 1.29 is 13.6 Å². The summed E-state index contributed by atoms with van der Waals surface area (Å²) in [6.07, 6.45) is 5.10. The molecular formula is C26H28F2N6O2. The average Bonchev–Trinajstić information content (AvgIpc) is 3.68. The van der Waals surface area contributed by atoms with Gasteiger partial charge in [-0.05, 0) is 48.6 Å². The lowest BCUT2D eigenvalue weighted by Gasteiger charge is -2.36. The van der Waals surface area contributed by atoms with Gasteiger partial charge in [-0.3, -0.25) is 19.5 Å². The molecule has 6 rings (SSSR count). The summed E-state index contributed by atoms with van der Waals surface area (Å²) in [4.78, 5) is 41.0. The number of fused-ring (bicyclic) bond motifs is 1. The first kappa shape index (κ1) is 23.0. The Morgan fingerprint density at radius 1 is 1.08 bits per heavy atom. The number of amides is 1. The van der Waals surface area contributed by atoms with Crippen LogP contribution in [-0.4, -0.2) is 63.9 Å². The van der Waals surface area contributed by atoms with Gasteiger partial charge in [-0.15, -0.1) is 0 Å². The van der Waals surface area contributed by atoms with Crippen LogP contribution in [0.5, 0.6) is 0 Å². The smallest absolute Gasteiger partial charge is 0.270 e. The zero-order valence-corrected chi connectivity index (χ0v) is 19.8. The van der Waals surface area contributed by atoms with Gasteiger partial charge in [0.25, 0.3) is 17.4 Å². The molecule has 0 unspecified atom stereocenters. The second kappa shape index (κ2) is 8.92. The molecule has 10 heteroatoms. The van der Waals surface area contributed by atoms with E-state index in [-0.39, 0.29) is 24.1 Å². The van der Waals surface area contributed by atoms with E-state index >= 15 is 0 Å². The second-order valence-corrected chi connectivity index (χ2v) is 10.2. The summed E-state index contributed by atoms with van der Waals surface area (Å²) in [6.45, 7) is 4.08. The lowest BCUT2D eigenvalue weighted by Crippen LogP contribution is -2.50. The Labute approximate surface area is 206 Å². The Hall–Kier alpha value is -3.40. The van der Waals surface area contributed by atoms with E-state index in [1.807, 2.05) is 24.4 Å². The van der Waals surface area contributed by atoms with Crippen LogP contribution in [0.15, 0.2) is 41.5 Å². The first-order chi connectivity index (χ1) is 17.3. The molecule has 3 aromatic rings. The molecule has 36 heavy (non-hydrogen) atoms. The van der Waals surface area contributed by atoms with Crippen molar-refractivity contribution in [2.45, 2.75) is 50.1 Å². The van der Waals surface area contributed by atoms with Crippen LogP contribution in [0, 0.1) is 0 Å². The van der Waals surface area contributed by atoms with E-state index in [9.17, 15) is 18.4 Å². The number of hydrogen-bond donors (Lipinski definition) is 2. The summed E-state index contributed by atoms with van der Waals surface area (Å²) in [5, 5.41) is 2.61. The van der Waals surface area contributed by atoms with Crippen LogP contribution in [0.3, 0.4) is 0 Å². The fourth-order valence-electron chi connectivity index (χ4n) is 5.08. The van der Waals surface area contributed by atoms with Crippen molar-refractivity contribution in [1.82, 2.24) is 25.2 Å². The van der Waals surface area contributed by atoms with Gasteiger partial charge in [-0.1, -0.05) is 0 Å². The molecule has 3 aromatic heterocycles.